The fourth-order valence-electron chi connectivity index (χ4n) is 8.36. The van der Waals surface area contributed by atoms with Gasteiger partial charge in [0.05, 0.1) is 11.7 Å². The molecule has 0 radical (unpaired) electrons. The van der Waals surface area contributed by atoms with Crippen molar-refractivity contribution in [2.75, 3.05) is 4.90 Å². The summed E-state index contributed by atoms with van der Waals surface area (Å²) in [5.41, 5.74) is 11.7. The van der Waals surface area contributed by atoms with Gasteiger partial charge >= 0.3 is 0 Å². The Hall–Kier alpha value is -4.93. The van der Waals surface area contributed by atoms with Gasteiger partial charge in [-0.05, 0) is 50.9 Å². The molecule has 2 N–H and O–H groups in total. The Balaban J connectivity index is 1.25. The summed E-state index contributed by atoms with van der Waals surface area (Å²) in [6.45, 7) is 4.79. The number of hydrogen-bond acceptors (Lipinski definition) is 4. The molecule has 4 nitrogen and oxygen atoms in total. The Morgan fingerprint density at radius 1 is 0.783 bits per heavy atom. The second kappa shape index (κ2) is 10.6. The van der Waals surface area contributed by atoms with E-state index in [1.807, 2.05) is 0 Å². The van der Waals surface area contributed by atoms with E-state index in [-0.39, 0.29) is 29.7 Å². The predicted molar refractivity (Wildman–Crippen MR) is 189 cm³/mol. The average Bonchev–Trinajstić information content (AvgIpc) is 3.57. The summed E-state index contributed by atoms with van der Waals surface area (Å²) < 4.78 is 0. The van der Waals surface area contributed by atoms with E-state index in [0.717, 1.165) is 17.9 Å². The van der Waals surface area contributed by atoms with Gasteiger partial charge in [0, 0.05) is 17.3 Å². The fourth-order valence-corrected chi connectivity index (χ4v) is 8.36. The van der Waals surface area contributed by atoms with Crippen molar-refractivity contribution in [1.82, 2.24) is 10.6 Å². The number of benzene rings is 4. The molecule has 4 heteroatoms. The molecule has 0 spiro atoms. The van der Waals surface area contributed by atoms with E-state index >= 15 is 0 Å². The molecule has 0 saturated heterocycles. The SMILES string of the molecule is CC1(C)c2ccccc2-c2ccc3c(c21)N(C1=NC(c2ccccc2)NC(c2ccccc2)N1)C1C=C(C2C=CC=CC2)C=CC31. The maximum atomic E-state index is 5.50. The molecule has 5 aliphatic rings. The second-order valence-corrected chi connectivity index (χ2v) is 13.6. The largest absolute Gasteiger partial charge is 0.336 e. The molecule has 5 unspecified atom stereocenters. The smallest absolute Gasteiger partial charge is 0.202 e. The van der Waals surface area contributed by atoms with Crippen molar-refractivity contribution in [3.05, 3.63) is 173 Å². The van der Waals surface area contributed by atoms with Gasteiger partial charge in [-0.3, -0.25) is 5.32 Å². The van der Waals surface area contributed by atoms with Crippen molar-refractivity contribution < 1.29 is 0 Å². The summed E-state index contributed by atoms with van der Waals surface area (Å²) in [6, 6.07) is 35.2. The van der Waals surface area contributed by atoms with Crippen LogP contribution < -0.4 is 15.5 Å². The van der Waals surface area contributed by atoms with Gasteiger partial charge in [0.15, 0.2) is 0 Å². The number of aliphatic imine (C=N–C) groups is 1. The first-order chi connectivity index (χ1) is 22.6. The van der Waals surface area contributed by atoms with Crippen LogP contribution in [0, 0.1) is 5.92 Å². The molecule has 0 aromatic heterocycles. The first-order valence-corrected chi connectivity index (χ1v) is 16.6. The second-order valence-electron chi connectivity index (χ2n) is 13.6. The van der Waals surface area contributed by atoms with E-state index in [9.17, 15) is 0 Å². The van der Waals surface area contributed by atoms with Crippen LogP contribution >= 0.6 is 0 Å². The van der Waals surface area contributed by atoms with Crippen LogP contribution in [0.1, 0.15) is 66.3 Å². The lowest BCUT2D eigenvalue weighted by molar-refractivity contribution is 0.403. The molecule has 0 amide bonds. The van der Waals surface area contributed by atoms with E-state index in [4.69, 9.17) is 4.99 Å². The highest BCUT2D eigenvalue weighted by atomic mass is 15.4. The summed E-state index contributed by atoms with van der Waals surface area (Å²) in [5, 5.41) is 7.71. The molecule has 226 valence electrons. The van der Waals surface area contributed by atoms with E-state index in [2.05, 4.69) is 169 Å². The monoisotopic (exact) mass is 598 g/mol. The maximum Gasteiger partial charge on any atom is 0.202 e. The number of guanidine groups is 1. The summed E-state index contributed by atoms with van der Waals surface area (Å²) >= 11 is 0. The van der Waals surface area contributed by atoms with Crippen molar-refractivity contribution in [3.63, 3.8) is 0 Å². The normalized spacial score (nSPS) is 26.4. The molecule has 3 aliphatic carbocycles. The van der Waals surface area contributed by atoms with Crippen molar-refractivity contribution in [2.24, 2.45) is 10.9 Å². The van der Waals surface area contributed by atoms with Crippen LogP contribution in [-0.4, -0.2) is 12.0 Å². The van der Waals surface area contributed by atoms with Gasteiger partial charge in [0.2, 0.25) is 5.96 Å². The summed E-state index contributed by atoms with van der Waals surface area (Å²) in [4.78, 5) is 8.06. The molecule has 0 fully saturated rings. The first-order valence-electron chi connectivity index (χ1n) is 16.6. The Morgan fingerprint density at radius 2 is 1.54 bits per heavy atom. The molecule has 2 aliphatic heterocycles. The number of nitrogens with zero attached hydrogens (tertiary/aromatic N) is 2. The third-order valence-corrected chi connectivity index (χ3v) is 10.6. The number of rotatable bonds is 3. The van der Waals surface area contributed by atoms with Gasteiger partial charge in [-0.15, -0.1) is 0 Å². The highest BCUT2D eigenvalue weighted by Crippen LogP contribution is 2.58. The fraction of sp³-hybridized carbons (Fsp3) is 0.214. The minimum Gasteiger partial charge on any atom is -0.336 e. The van der Waals surface area contributed by atoms with Gasteiger partial charge < -0.3 is 10.2 Å². The molecule has 4 aromatic rings. The number of allylic oxidation sites excluding steroid dienone is 6. The van der Waals surface area contributed by atoms with Gasteiger partial charge in [-0.25, -0.2) is 4.99 Å². The summed E-state index contributed by atoms with van der Waals surface area (Å²) in [5.74, 6) is 1.54. The number of anilines is 1. The van der Waals surface area contributed by atoms with Gasteiger partial charge in [0.25, 0.3) is 0 Å². The third kappa shape index (κ3) is 4.20. The average molecular weight is 599 g/mol. The highest BCUT2D eigenvalue weighted by molar-refractivity contribution is 6.04. The van der Waals surface area contributed by atoms with Crippen molar-refractivity contribution in [2.45, 2.75) is 50.0 Å². The van der Waals surface area contributed by atoms with Crippen LogP contribution in [0.2, 0.25) is 0 Å². The van der Waals surface area contributed by atoms with Crippen LogP contribution in [0.25, 0.3) is 11.1 Å². The molecule has 4 aromatic carbocycles. The van der Waals surface area contributed by atoms with Crippen LogP contribution in [0.5, 0.6) is 0 Å². The van der Waals surface area contributed by atoms with E-state index < -0.39 is 0 Å². The van der Waals surface area contributed by atoms with Crippen LogP contribution in [0.15, 0.2) is 150 Å². The van der Waals surface area contributed by atoms with E-state index in [1.54, 1.807) is 0 Å². The van der Waals surface area contributed by atoms with Crippen molar-refractivity contribution in [3.8, 4) is 11.1 Å². The summed E-state index contributed by atoms with van der Waals surface area (Å²) in [7, 11) is 0. The topological polar surface area (TPSA) is 39.7 Å². The Morgan fingerprint density at radius 3 is 2.33 bits per heavy atom. The predicted octanol–water partition coefficient (Wildman–Crippen LogP) is 8.84. The lowest BCUT2D eigenvalue weighted by Crippen LogP contribution is -2.54. The lowest BCUT2D eigenvalue weighted by atomic mass is 9.79. The van der Waals surface area contributed by atoms with Crippen LogP contribution in [-0.2, 0) is 5.41 Å². The van der Waals surface area contributed by atoms with E-state index in [1.165, 1.54) is 44.6 Å². The molecule has 9 rings (SSSR count). The standard InChI is InChI=1S/C42H38N4/c1-42(2)35-21-13-12-20-31(35)33-24-25-34-32-23-22-30(27-14-6-3-7-15-27)26-36(32)46(38(34)37(33)42)41-44-39(28-16-8-4-9-17-28)43-40(45-41)29-18-10-5-11-19-29/h3-14,16-27,32,36,39-40,43H,15H2,1-2H3,(H,44,45). The zero-order valence-electron chi connectivity index (χ0n) is 26.3. The van der Waals surface area contributed by atoms with Gasteiger partial charge in [-0.2, -0.15) is 0 Å². The quantitative estimate of drug-likeness (QED) is 0.248. The first kappa shape index (κ1) is 27.4. The zero-order chi connectivity index (χ0) is 30.8. The minimum absolute atomic E-state index is 0.0997. The number of hydrogen-bond donors (Lipinski definition) is 2. The maximum absolute atomic E-state index is 5.50. The number of fused-ring (bicyclic) bond motifs is 7. The molecule has 5 atom stereocenters. The number of nitrogens with one attached hydrogen (secondary N) is 2. The lowest BCUT2D eigenvalue weighted by Gasteiger charge is -2.39. The molecule has 46 heavy (non-hydrogen) atoms. The molecule has 0 saturated carbocycles. The Bertz CT molecular complexity index is 1980. The molecular weight excluding hydrogens is 560 g/mol. The van der Waals surface area contributed by atoms with Gasteiger partial charge in [0.1, 0.15) is 12.3 Å². The van der Waals surface area contributed by atoms with Crippen molar-refractivity contribution >= 4 is 11.6 Å². The Labute approximate surface area is 271 Å². The summed E-state index contributed by atoms with van der Waals surface area (Å²) in [6.07, 6.45) is 17.1. The third-order valence-electron chi connectivity index (χ3n) is 10.6. The van der Waals surface area contributed by atoms with Crippen molar-refractivity contribution in [1.29, 1.82) is 0 Å². The molecule has 0 bridgehead atoms. The van der Waals surface area contributed by atoms with Crippen LogP contribution in [0.3, 0.4) is 0 Å². The minimum atomic E-state index is -0.193. The highest BCUT2D eigenvalue weighted by Gasteiger charge is 2.48. The molecule has 2 heterocycles. The molecular formula is C42H38N4. The zero-order valence-corrected chi connectivity index (χ0v) is 26.3. The van der Waals surface area contributed by atoms with E-state index in [0.29, 0.717) is 5.92 Å². The van der Waals surface area contributed by atoms with Gasteiger partial charge in [-0.1, -0.05) is 153 Å². The van der Waals surface area contributed by atoms with Crippen LogP contribution in [0.4, 0.5) is 5.69 Å². The Kier molecular flexibility index (Phi) is 6.29.